The maximum Gasteiger partial charge on any atom is 0.118 e. The van der Waals surface area contributed by atoms with Gasteiger partial charge in [-0.05, 0) is 43.4 Å². The molecule has 17 heavy (non-hydrogen) atoms. The summed E-state index contributed by atoms with van der Waals surface area (Å²) in [6.45, 7) is 0. The summed E-state index contributed by atoms with van der Waals surface area (Å²) in [6, 6.07) is 7.65. The molecule has 1 aromatic rings. The number of fused-ring (bicyclic) bond motifs is 2. The van der Waals surface area contributed by atoms with Crippen molar-refractivity contribution in [2.24, 2.45) is 0 Å². The maximum atomic E-state index is 14.8. The van der Waals surface area contributed by atoms with Gasteiger partial charge < -0.3 is 10.4 Å². The Kier molecular flexibility index (Phi) is 2.58. The highest BCUT2D eigenvalue weighted by Gasteiger charge is 2.43. The smallest absolute Gasteiger partial charge is 0.118 e. The van der Waals surface area contributed by atoms with Crippen molar-refractivity contribution < 1.29 is 9.50 Å². The quantitative estimate of drug-likeness (QED) is 0.825. The standard InChI is InChI=1S/C14H18FNO/c15-14(7-10-1-5-13(17)6-2-10)8-11-3-4-12(9-14)16-11/h1-2,5-6,11-12,16-17H,3-4,7-9H2. The Bertz CT molecular complexity index is 391. The minimum atomic E-state index is -1.06. The van der Waals surface area contributed by atoms with Crippen LogP contribution in [-0.4, -0.2) is 22.9 Å². The van der Waals surface area contributed by atoms with E-state index >= 15 is 0 Å². The van der Waals surface area contributed by atoms with E-state index in [2.05, 4.69) is 5.32 Å². The third-order valence-corrected chi connectivity index (χ3v) is 4.02. The Morgan fingerprint density at radius 1 is 1.18 bits per heavy atom. The number of phenols is 1. The van der Waals surface area contributed by atoms with Gasteiger partial charge in [0, 0.05) is 18.5 Å². The van der Waals surface area contributed by atoms with Gasteiger partial charge in [-0.2, -0.15) is 0 Å². The van der Waals surface area contributed by atoms with Crippen molar-refractivity contribution in [3.8, 4) is 5.75 Å². The number of alkyl halides is 1. The van der Waals surface area contributed by atoms with E-state index in [4.69, 9.17) is 0 Å². The summed E-state index contributed by atoms with van der Waals surface area (Å²) in [6.07, 6.45) is 3.97. The molecule has 0 amide bonds. The summed E-state index contributed by atoms with van der Waals surface area (Å²) in [7, 11) is 0. The molecule has 2 unspecified atom stereocenters. The Labute approximate surface area is 101 Å². The highest BCUT2D eigenvalue weighted by Crippen LogP contribution is 2.38. The van der Waals surface area contributed by atoms with Crippen LogP contribution in [-0.2, 0) is 6.42 Å². The molecule has 92 valence electrons. The summed E-state index contributed by atoms with van der Waals surface area (Å²) >= 11 is 0. The molecule has 1 aromatic carbocycles. The Balaban J connectivity index is 1.73. The summed E-state index contributed by atoms with van der Waals surface area (Å²) < 4.78 is 14.8. The zero-order chi connectivity index (χ0) is 11.9. The fraction of sp³-hybridized carbons (Fsp3) is 0.571. The minimum Gasteiger partial charge on any atom is -0.508 e. The van der Waals surface area contributed by atoms with Crippen molar-refractivity contribution in [1.82, 2.24) is 5.32 Å². The number of nitrogens with one attached hydrogen (secondary N) is 1. The summed E-state index contributed by atoms with van der Waals surface area (Å²) in [5.74, 6) is 0.243. The van der Waals surface area contributed by atoms with E-state index in [1.54, 1.807) is 12.1 Å². The predicted molar refractivity (Wildman–Crippen MR) is 64.8 cm³/mol. The molecular formula is C14H18FNO. The molecule has 3 heteroatoms. The molecule has 3 rings (SSSR count). The van der Waals surface area contributed by atoms with Crippen molar-refractivity contribution in [3.05, 3.63) is 29.8 Å². The van der Waals surface area contributed by atoms with Crippen LogP contribution in [0.25, 0.3) is 0 Å². The van der Waals surface area contributed by atoms with E-state index in [9.17, 15) is 9.50 Å². The summed E-state index contributed by atoms with van der Waals surface area (Å²) in [5.41, 5.74) is -0.0831. The number of phenolic OH excluding ortho intramolecular Hbond substituents is 1. The van der Waals surface area contributed by atoms with Gasteiger partial charge in [0.25, 0.3) is 0 Å². The van der Waals surface area contributed by atoms with Crippen molar-refractivity contribution >= 4 is 0 Å². The molecular weight excluding hydrogens is 217 g/mol. The molecule has 2 aliphatic heterocycles. The fourth-order valence-electron chi connectivity index (χ4n) is 3.31. The molecule has 0 radical (unpaired) electrons. The van der Waals surface area contributed by atoms with Crippen LogP contribution in [0.5, 0.6) is 5.75 Å². The molecule has 2 bridgehead atoms. The fourth-order valence-corrected chi connectivity index (χ4v) is 3.31. The van der Waals surface area contributed by atoms with Crippen LogP contribution in [0, 0.1) is 0 Å². The molecule has 2 heterocycles. The number of halogens is 1. The first kappa shape index (κ1) is 11.0. The first-order valence-corrected chi connectivity index (χ1v) is 6.36. The number of aromatic hydroxyl groups is 1. The number of hydrogen-bond acceptors (Lipinski definition) is 2. The van der Waals surface area contributed by atoms with E-state index in [1.165, 1.54) is 0 Å². The average molecular weight is 235 g/mol. The van der Waals surface area contributed by atoms with Crippen LogP contribution in [0.2, 0.25) is 0 Å². The van der Waals surface area contributed by atoms with Gasteiger partial charge in [-0.25, -0.2) is 4.39 Å². The molecule has 2 atom stereocenters. The van der Waals surface area contributed by atoms with Gasteiger partial charge in [0.2, 0.25) is 0 Å². The second-order valence-corrected chi connectivity index (χ2v) is 5.54. The van der Waals surface area contributed by atoms with Crippen LogP contribution in [0.15, 0.2) is 24.3 Å². The highest BCUT2D eigenvalue weighted by molar-refractivity contribution is 5.27. The first-order chi connectivity index (χ1) is 8.13. The first-order valence-electron chi connectivity index (χ1n) is 6.36. The zero-order valence-corrected chi connectivity index (χ0v) is 9.82. The van der Waals surface area contributed by atoms with Gasteiger partial charge in [0.15, 0.2) is 0 Å². The van der Waals surface area contributed by atoms with Crippen LogP contribution in [0.3, 0.4) is 0 Å². The number of piperidine rings is 1. The Morgan fingerprint density at radius 2 is 1.76 bits per heavy atom. The van der Waals surface area contributed by atoms with Crippen molar-refractivity contribution in [1.29, 1.82) is 0 Å². The van der Waals surface area contributed by atoms with E-state index in [0.717, 1.165) is 18.4 Å². The second-order valence-electron chi connectivity index (χ2n) is 5.54. The van der Waals surface area contributed by atoms with E-state index in [0.29, 0.717) is 31.3 Å². The van der Waals surface area contributed by atoms with Crippen molar-refractivity contribution in [3.63, 3.8) is 0 Å². The Hall–Kier alpha value is -1.09. The molecule has 2 nitrogen and oxygen atoms in total. The van der Waals surface area contributed by atoms with Crippen LogP contribution in [0.4, 0.5) is 4.39 Å². The van der Waals surface area contributed by atoms with Gasteiger partial charge in [0.05, 0.1) is 0 Å². The van der Waals surface area contributed by atoms with Gasteiger partial charge in [-0.3, -0.25) is 0 Å². The zero-order valence-electron chi connectivity index (χ0n) is 9.82. The Morgan fingerprint density at radius 3 is 2.35 bits per heavy atom. The summed E-state index contributed by atoms with van der Waals surface area (Å²) in [5, 5.41) is 12.7. The SMILES string of the molecule is Oc1ccc(CC2(F)CC3CCC(C2)N3)cc1. The third kappa shape index (κ3) is 2.29. The average Bonchev–Trinajstić information content (AvgIpc) is 2.62. The van der Waals surface area contributed by atoms with E-state index in [-0.39, 0.29) is 5.75 Å². The van der Waals surface area contributed by atoms with Crippen LogP contribution < -0.4 is 5.32 Å². The molecule has 2 aliphatic rings. The number of benzene rings is 1. The molecule has 0 aliphatic carbocycles. The molecule has 0 saturated carbocycles. The lowest BCUT2D eigenvalue weighted by molar-refractivity contribution is 0.0893. The molecule has 0 aromatic heterocycles. The number of rotatable bonds is 2. The molecule has 2 N–H and O–H groups in total. The van der Waals surface area contributed by atoms with Gasteiger partial charge >= 0.3 is 0 Å². The van der Waals surface area contributed by atoms with E-state index < -0.39 is 5.67 Å². The van der Waals surface area contributed by atoms with Crippen LogP contribution >= 0.6 is 0 Å². The molecule has 0 spiro atoms. The number of hydrogen-bond donors (Lipinski definition) is 2. The van der Waals surface area contributed by atoms with Gasteiger partial charge in [0.1, 0.15) is 11.4 Å². The van der Waals surface area contributed by atoms with Crippen molar-refractivity contribution in [2.75, 3.05) is 0 Å². The minimum absolute atomic E-state index is 0.243. The van der Waals surface area contributed by atoms with Crippen molar-refractivity contribution in [2.45, 2.75) is 49.9 Å². The largest absolute Gasteiger partial charge is 0.508 e. The topological polar surface area (TPSA) is 32.3 Å². The van der Waals surface area contributed by atoms with E-state index in [1.807, 2.05) is 12.1 Å². The summed E-state index contributed by atoms with van der Waals surface area (Å²) in [4.78, 5) is 0. The predicted octanol–water partition coefficient (Wildman–Crippen LogP) is 2.56. The molecule has 2 saturated heterocycles. The monoisotopic (exact) mass is 235 g/mol. The van der Waals surface area contributed by atoms with Gasteiger partial charge in [-0.1, -0.05) is 12.1 Å². The lowest BCUT2D eigenvalue weighted by atomic mass is 9.84. The van der Waals surface area contributed by atoms with Gasteiger partial charge in [-0.15, -0.1) is 0 Å². The molecule has 2 fully saturated rings. The van der Waals surface area contributed by atoms with Crippen LogP contribution in [0.1, 0.15) is 31.2 Å². The maximum absolute atomic E-state index is 14.8. The lowest BCUT2D eigenvalue weighted by Gasteiger charge is -2.35. The second kappa shape index (κ2) is 3.98. The highest BCUT2D eigenvalue weighted by atomic mass is 19.1. The normalized spacial score (nSPS) is 36.1. The lowest BCUT2D eigenvalue weighted by Crippen LogP contribution is -2.47. The third-order valence-electron chi connectivity index (χ3n) is 4.02.